The van der Waals surface area contributed by atoms with Crippen molar-refractivity contribution >= 4 is 22.7 Å². The monoisotopic (exact) mass is 458 g/mol. The Morgan fingerprint density at radius 1 is 0.912 bits per heavy atom. The van der Waals surface area contributed by atoms with Crippen LogP contribution < -0.4 is 25.8 Å². The number of nitriles is 1. The van der Waals surface area contributed by atoms with E-state index in [1.54, 1.807) is 14.2 Å². The number of benzene rings is 3. The molecule has 4 N–H and O–H groups in total. The molecular weight excluding hydrogens is 424 g/mol. The Bertz CT molecular complexity index is 1180. The maximum Gasteiger partial charge on any atom is 0.162 e. The van der Waals surface area contributed by atoms with Gasteiger partial charge < -0.3 is 25.8 Å². The van der Waals surface area contributed by atoms with E-state index in [1.165, 1.54) is 0 Å². The summed E-state index contributed by atoms with van der Waals surface area (Å²) in [5, 5.41) is 16.7. The van der Waals surface area contributed by atoms with Crippen molar-refractivity contribution in [3.05, 3.63) is 70.8 Å². The first kappa shape index (κ1) is 24.8. The van der Waals surface area contributed by atoms with Gasteiger partial charge in [-0.05, 0) is 46.7 Å². The maximum atomic E-state index is 9.63. The van der Waals surface area contributed by atoms with Crippen LogP contribution >= 0.6 is 0 Å². The van der Waals surface area contributed by atoms with Gasteiger partial charge in [0.15, 0.2) is 11.5 Å². The van der Waals surface area contributed by atoms with Crippen LogP contribution in [0.3, 0.4) is 0 Å². The second-order valence-electron chi connectivity index (χ2n) is 8.84. The molecule has 0 atom stereocenters. The average Bonchev–Trinajstić information content (AvgIpc) is 2.83. The van der Waals surface area contributed by atoms with Crippen molar-refractivity contribution in [2.45, 2.75) is 46.1 Å². The van der Waals surface area contributed by atoms with Gasteiger partial charge in [-0.3, -0.25) is 0 Å². The number of para-hydroxylation sites is 1. The second-order valence-corrected chi connectivity index (χ2v) is 8.84. The van der Waals surface area contributed by atoms with E-state index < -0.39 is 0 Å². The Kier molecular flexibility index (Phi) is 7.91. The lowest BCUT2D eigenvalue weighted by molar-refractivity contribution is 0.355. The van der Waals surface area contributed by atoms with Crippen molar-refractivity contribution in [2.75, 3.05) is 30.6 Å². The third kappa shape index (κ3) is 5.20. The quantitative estimate of drug-likeness (QED) is 0.307. The van der Waals surface area contributed by atoms with Crippen LogP contribution in [0.15, 0.2) is 48.5 Å². The number of rotatable bonds is 9. The zero-order valence-electron chi connectivity index (χ0n) is 20.8. The van der Waals surface area contributed by atoms with E-state index in [4.69, 9.17) is 15.2 Å². The molecule has 0 aliphatic carbocycles. The van der Waals surface area contributed by atoms with Gasteiger partial charge in [-0.25, -0.2) is 0 Å². The molecule has 34 heavy (non-hydrogen) atoms. The summed E-state index contributed by atoms with van der Waals surface area (Å²) >= 11 is 0. The fraction of sp³-hybridized carbons (Fsp3) is 0.321. The molecule has 3 aromatic carbocycles. The first-order chi connectivity index (χ1) is 16.3. The molecule has 3 rings (SSSR count). The number of anilines is 4. The summed E-state index contributed by atoms with van der Waals surface area (Å²) in [4.78, 5) is 0. The van der Waals surface area contributed by atoms with Crippen molar-refractivity contribution in [3.63, 3.8) is 0 Å². The van der Waals surface area contributed by atoms with Crippen LogP contribution in [0.4, 0.5) is 22.7 Å². The Morgan fingerprint density at radius 2 is 1.53 bits per heavy atom. The Morgan fingerprint density at radius 3 is 2.06 bits per heavy atom. The molecule has 3 aromatic rings. The van der Waals surface area contributed by atoms with Crippen molar-refractivity contribution in [1.29, 1.82) is 5.26 Å². The molecule has 0 saturated heterocycles. The van der Waals surface area contributed by atoms with Gasteiger partial charge in [0.05, 0.1) is 36.8 Å². The van der Waals surface area contributed by atoms with Gasteiger partial charge in [0.25, 0.3) is 0 Å². The molecule has 0 fully saturated rings. The highest BCUT2D eigenvalue weighted by Gasteiger charge is 2.21. The summed E-state index contributed by atoms with van der Waals surface area (Å²) in [6.07, 6.45) is 0. The van der Waals surface area contributed by atoms with Gasteiger partial charge in [0.1, 0.15) is 6.07 Å². The second kappa shape index (κ2) is 10.8. The van der Waals surface area contributed by atoms with Gasteiger partial charge in [-0.1, -0.05) is 45.9 Å². The van der Waals surface area contributed by atoms with E-state index in [0.29, 0.717) is 29.3 Å². The SMILES string of the molecule is COc1cc(NCc2c(C(C)C)cc(C#N)c(N)c2C(C)C)c(Nc2ccccc2)cc1OC. The lowest BCUT2D eigenvalue weighted by Gasteiger charge is -2.24. The lowest BCUT2D eigenvalue weighted by Crippen LogP contribution is -2.13. The van der Waals surface area contributed by atoms with Crippen LogP contribution in [0.2, 0.25) is 0 Å². The highest BCUT2D eigenvalue weighted by molar-refractivity contribution is 5.78. The first-order valence-corrected chi connectivity index (χ1v) is 11.5. The van der Waals surface area contributed by atoms with Crippen molar-refractivity contribution < 1.29 is 9.47 Å². The number of hydrogen-bond donors (Lipinski definition) is 3. The van der Waals surface area contributed by atoms with E-state index in [2.05, 4.69) is 44.4 Å². The van der Waals surface area contributed by atoms with Gasteiger partial charge in [-0.15, -0.1) is 0 Å². The predicted molar refractivity (Wildman–Crippen MR) is 140 cm³/mol. The minimum Gasteiger partial charge on any atom is -0.493 e. The molecule has 0 spiro atoms. The third-order valence-corrected chi connectivity index (χ3v) is 5.91. The van der Waals surface area contributed by atoms with E-state index in [0.717, 1.165) is 33.8 Å². The lowest BCUT2D eigenvalue weighted by atomic mass is 9.85. The number of nitrogens with two attached hydrogens (primary N) is 1. The summed E-state index contributed by atoms with van der Waals surface area (Å²) in [5.41, 5.74) is 13.5. The number of nitrogen functional groups attached to an aromatic ring is 1. The highest BCUT2D eigenvalue weighted by Crippen LogP contribution is 2.40. The topological polar surface area (TPSA) is 92.3 Å². The number of methoxy groups -OCH3 is 2. The molecule has 0 heterocycles. The molecule has 178 valence electrons. The van der Waals surface area contributed by atoms with Crippen LogP contribution in [0.5, 0.6) is 11.5 Å². The minimum atomic E-state index is 0.176. The predicted octanol–water partition coefficient (Wildman–Crippen LogP) is 6.76. The number of nitrogens with one attached hydrogen (secondary N) is 2. The Balaban J connectivity index is 2.08. The number of nitrogens with zero attached hydrogens (tertiary/aromatic N) is 1. The fourth-order valence-electron chi connectivity index (χ4n) is 4.24. The molecule has 0 bridgehead atoms. The Labute approximate surface area is 202 Å². The zero-order chi connectivity index (χ0) is 24.8. The zero-order valence-corrected chi connectivity index (χ0v) is 20.8. The third-order valence-electron chi connectivity index (χ3n) is 5.91. The fourth-order valence-corrected chi connectivity index (χ4v) is 4.24. The van der Waals surface area contributed by atoms with E-state index in [1.807, 2.05) is 48.5 Å². The molecule has 0 aromatic heterocycles. The molecule has 6 nitrogen and oxygen atoms in total. The Hall–Kier alpha value is -3.85. The molecule has 0 saturated carbocycles. The summed E-state index contributed by atoms with van der Waals surface area (Å²) < 4.78 is 11.1. The van der Waals surface area contributed by atoms with Crippen LogP contribution in [0, 0.1) is 11.3 Å². The molecule has 0 amide bonds. The summed E-state index contributed by atoms with van der Waals surface area (Å²) in [6, 6.07) is 18.0. The molecule has 0 unspecified atom stereocenters. The van der Waals surface area contributed by atoms with Gasteiger partial charge in [-0.2, -0.15) is 5.26 Å². The largest absolute Gasteiger partial charge is 0.493 e. The van der Waals surface area contributed by atoms with Crippen molar-refractivity contribution in [2.24, 2.45) is 0 Å². The first-order valence-electron chi connectivity index (χ1n) is 11.5. The van der Waals surface area contributed by atoms with Crippen LogP contribution in [0.25, 0.3) is 0 Å². The van der Waals surface area contributed by atoms with E-state index in [-0.39, 0.29) is 11.8 Å². The standard InChI is InChI=1S/C28H34N4O2/c1-17(2)21-12-19(15-29)28(30)27(18(3)4)22(21)16-31-23-13-25(33-5)26(34-6)14-24(23)32-20-10-8-7-9-11-20/h7-14,17-18,31-32H,16,30H2,1-6H3. The van der Waals surface area contributed by atoms with E-state index in [9.17, 15) is 5.26 Å². The molecule has 0 aliphatic heterocycles. The maximum absolute atomic E-state index is 9.63. The normalized spacial score (nSPS) is 10.8. The molecular formula is C28H34N4O2. The van der Waals surface area contributed by atoms with Crippen LogP contribution in [-0.2, 0) is 6.54 Å². The smallest absolute Gasteiger partial charge is 0.162 e. The summed E-state index contributed by atoms with van der Waals surface area (Å²) in [7, 11) is 3.25. The minimum absolute atomic E-state index is 0.176. The van der Waals surface area contributed by atoms with Crippen LogP contribution in [0.1, 0.15) is 61.8 Å². The van der Waals surface area contributed by atoms with Crippen molar-refractivity contribution in [3.8, 4) is 17.6 Å². The highest BCUT2D eigenvalue weighted by atomic mass is 16.5. The average molecular weight is 459 g/mol. The number of ether oxygens (including phenoxy) is 2. The summed E-state index contributed by atoms with van der Waals surface area (Å²) in [6.45, 7) is 9.05. The summed E-state index contributed by atoms with van der Waals surface area (Å²) in [5.74, 6) is 1.69. The van der Waals surface area contributed by atoms with Gasteiger partial charge in [0, 0.05) is 24.4 Å². The van der Waals surface area contributed by atoms with Gasteiger partial charge >= 0.3 is 0 Å². The van der Waals surface area contributed by atoms with Crippen LogP contribution in [-0.4, -0.2) is 14.2 Å². The number of hydrogen-bond acceptors (Lipinski definition) is 6. The molecule has 6 heteroatoms. The van der Waals surface area contributed by atoms with Crippen molar-refractivity contribution in [1.82, 2.24) is 0 Å². The van der Waals surface area contributed by atoms with E-state index >= 15 is 0 Å². The van der Waals surface area contributed by atoms with Gasteiger partial charge in [0.2, 0.25) is 0 Å². The molecule has 0 radical (unpaired) electrons. The molecule has 0 aliphatic rings.